The van der Waals surface area contributed by atoms with Gasteiger partial charge in [-0.25, -0.2) is 8.42 Å². The van der Waals surface area contributed by atoms with Crippen LogP contribution in [-0.2, 0) is 19.6 Å². The molecular formula is C20H39NaO5S. The SMILES string of the molecule is CCCCCCCCCCOC(=O)C(CCCCCCCC)S(=O)(=O)[O-].[Na+]. The van der Waals surface area contributed by atoms with Crippen LogP contribution in [0.15, 0.2) is 0 Å². The van der Waals surface area contributed by atoms with Crippen LogP contribution in [0.2, 0.25) is 0 Å². The minimum Gasteiger partial charge on any atom is -0.747 e. The summed E-state index contributed by atoms with van der Waals surface area (Å²) in [6, 6.07) is 0. The first kappa shape index (κ1) is 29.6. The molecular weight excluding hydrogens is 375 g/mol. The van der Waals surface area contributed by atoms with Gasteiger partial charge in [-0.05, 0) is 12.8 Å². The summed E-state index contributed by atoms with van der Waals surface area (Å²) < 4.78 is 39.1. The average molecular weight is 415 g/mol. The van der Waals surface area contributed by atoms with Gasteiger partial charge < -0.3 is 9.29 Å². The van der Waals surface area contributed by atoms with Gasteiger partial charge in [0.25, 0.3) is 0 Å². The molecule has 0 saturated carbocycles. The quantitative estimate of drug-likeness (QED) is 0.149. The van der Waals surface area contributed by atoms with Gasteiger partial charge >= 0.3 is 35.5 Å². The fraction of sp³-hybridized carbons (Fsp3) is 0.950. The summed E-state index contributed by atoms with van der Waals surface area (Å²) in [6.45, 7) is 4.52. The van der Waals surface area contributed by atoms with Crippen LogP contribution in [0.4, 0.5) is 0 Å². The van der Waals surface area contributed by atoms with Crippen LogP contribution in [0.1, 0.15) is 110 Å². The first-order valence-corrected chi connectivity index (χ1v) is 12.0. The van der Waals surface area contributed by atoms with Crippen molar-refractivity contribution in [2.24, 2.45) is 0 Å². The largest absolute Gasteiger partial charge is 1.00 e. The molecule has 27 heavy (non-hydrogen) atoms. The first-order valence-electron chi connectivity index (χ1n) is 10.5. The third-order valence-electron chi connectivity index (χ3n) is 4.67. The van der Waals surface area contributed by atoms with Crippen molar-refractivity contribution < 1.29 is 52.1 Å². The fourth-order valence-electron chi connectivity index (χ4n) is 2.99. The number of hydrogen-bond acceptors (Lipinski definition) is 5. The summed E-state index contributed by atoms with van der Waals surface area (Å²) in [5.74, 6) is -0.864. The van der Waals surface area contributed by atoms with Crippen molar-refractivity contribution in [1.29, 1.82) is 0 Å². The summed E-state index contributed by atoms with van der Waals surface area (Å²) in [6.07, 6.45) is 14.9. The Labute approximate surface area is 189 Å². The molecule has 7 heteroatoms. The molecule has 0 fully saturated rings. The number of ether oxygens (including phenoxy) is 1. The van der Waals surface area contributed by atoms with E-state index in [2.05, 4.69) is 13.8 Å². The zero-order valence-corrected chi connectivity index (χ0v) is 20.7. The first-order chi connectivity index (χ1) is 12.4. The van der Waals surface area contributed by atoms with E-state index in [1.807, 2.05) is 0 Å². The van der Waals surface area contributed by atoms with Crippen LogP contribution in [0, 0.1) is 0 Å². The molecule has 5 nitrogen and oxygen atoms in total. The molecule has 0 aromatic rings. The molecule has 0 spiro atoms. The molecule has 1 unspecified atom stereocenters. The summed E-state index contributed by atoms with van der Waals surface area (Å²) in [7, 11) is -4.65. The van der Waals surface area contributed by atoms with Gasteiger partial charge in [0, 0.05) is 0 Å². The molecule has 0 aliphatic carbocycles. The fourth-order valence-corrected chi connectivity index (χ4v) is 3.75. The van der Waals surface area contributed by atoms with Gasteiger partial charge in [-0.2, -0.15) is 0 Å². The predicted molar refractivity (Wildman–Crippen MR) is 105 cm³/mol. The molecule has 0 aliphatic rings. The molecule has 0 aliphatic heterocycles. The van der Waals surface area contributed by atoms with Crippen LogP contribution in [-0.4, -0.2) is 30.8 Å². The minimum atomic E-state index is -4.65. The topological polar surface area (TPSA) is 83.5 Å². The number of carbonyl (C=O) groups is 1. The molecule has 0 rings (SSSR count). The molecule has 0 aromatic heterocycles. The summed E-state index contributed by atoms with van der Waals surface area (Å²) in [5.41, 5.74) is 0. The smallest absolute Gasteiger partial charge is 0.747 e. The molecule has 0 saturated heterocycles. The van der Waals surface area contributed by atoms with E-state index >= 15 is 0 Å². The van der Waals surface area contributed by atoms with E-state index in [0.717, 1.165) is 51.4 Å². The Kier molecular flexibility index (Phi) is 21.6. The molecule has 156 valence electrons. The Hall–Kier alpha value is 0.380. The average Bonchev–Trinajstić information content (AvgIpc) is 2.58. The number of esters is 1. The van der Waals surface area contributed by atoms with Gasteiger partial charge in [0.05, 0.1) is 6.61 Å². The van der Waals surface area contributed by atoms with E-state index in [0.29, 0.717) is 6.42 Å². The van der Waals surface area contributed by atoms with Crippen molar-refractivity contribution in [3.8, 4) is 0 Å². The van der Waals surface area contributed by atoms with Crippen molar-refractivity contribution in [2.45, 2.75) is 115 Å². The predicted octanol–water partition coefficient (Wildman–Crippen LogP) is 2.34. The van der Waals surface area contributed by atoms with E-state index in [1.54, 1.807) is 0 Å². The second-order valence-corrected chi connectivity index (χ2v) is 8.73. The molecule has 0 amide bonds. The third kappa shape index (κ3) is 18.2. The Morgan fingerprint density at radius 3 is 1.63 bits per heavy atom. The van der Waals surface area contributed by atoms with Crippen LogP contribution >= 0.6 is 0 Å². The number of hydrogen-bond donors (Lipinski definition) is 0. The van der Waals surface area contributed by atoms with Crippen LogP contribution < -0.4 is 29.6 Å². The summed E-state index contributed by atoms with van der Waals surface area (Å²) in [4.78, 5) is 12.0. The van der Waals surface area contributed by atoms with Crippen LogP contribution in [0.3, 0.4) is 0 Å². The van der Waals surface area contributed by atoms with Gasteiger partial charge in [-0.3, -0.25) is 4.79 Å². The Bertz CT molecular complexity index is 440. The van der Waals surface area contributed by atoms with Crippen LogP contribution in [0.25, 0.3) is 0 Å². The number of unbranched alkanes of at least 4 members (excludes halogenated alkanes) is 12. The van der Waals surface area contributed by atoms with E-state index in [4.69, 9.17) is 4.74 Å². The van der Waals surface area contributed by atoms with E-state index in [-0.39, 0.29) is 42.6 Å². The van der Waals surface area contributed by atoms with Gasteiger partial charge in [0.1, 0.15) is 15.4 Å². The maximum absolute atomic E-state index is 12.0. The maximum atomic E-state index is 12.0. The van der Waals surface area contributed by atoms with E-state index < -0.39 is 21.3 Å². The van der Waals surface area contributed by atoms with Crippen molar-refractivity contribution in [3.05, 3.63) is 0 Å². The zero-order chi connectivity index (χ0) is 19.7. The maximum Gasteiger partial charge on any atom is 1.00 e. The van der Waals surface area contributed by atoms with E-state index in [1.165, 1.54) is 32.1 Å². The Morgan fingerprint density at radius 1 is 0.778 bits per heavy atom. The van der Waals surface area contributed by atoms with Crippen molar-refractivity contribution in [1.82, 2.24) is 0 Å². The second kappa shape index (κ2) is 19.7. The van der Waals surface area contributed by atoms with Gasteiger partial charge in [-0.1, -0.05) is 97.3 Å². The standard InChI is InChI=1S/C20H40O5S.Na/c1-3-5-7-9-11-12-14-16-18-25-20(21)19(26(22,23)24)17-15-13-10-8-6-4-2;/h19H,3-18H2,1-2H3,(H,22,23,24);/q;+1/p-1. The summed E-state index contributed by atoms with van der Waals surface area (Å²) >= 11 is 0. The van der Waals surface area contributed by atoms with Gasteiger partial charge in [0.2, 0.25) is 0 Å². The minimum absolute atomic E-state index is 0. The zero-order valence-electron chi connectivity index (χ0n) is 17.8. The summed E-state index contributed by atoms with van der Waals surface area (Å²) in [5, 5.41) is -1.54. The molecule has 0 N–H and O–H groups in total. The number of carbonyl (C=O) groups excluding carboxylic acids is 1. The van der Waals surface area contributed by atoms with Crippen LogP contribution in [0.5, 0.6) is 0 Å². The van der Waals surface area contributed by atoms with E-state index in [9.17, 15) is 17.8 Å². The molecule has 0 bridgehead atoms. The molecule has 1 atom stereocenters. The second-order valence-electron chi connectivity index (χ2n) is 7.18. The number of rotatable bonds is 18. The van der Waals surface area contributed by atoms with Crippen molar-refractivity contribution >= 4 is 16.1 Å². The Morgan fingerprint density at radius 2 is 1.19 bits per heavy atom. The van der Waals surface area contributed by atoms with Gasteiger partial charge in [-0.15, -0.1) is 0 Å². The normalized spacial score (nSPS) is 12.4. The molecule has 0 heterocycles. The van der Waals surface area contributed by atoms with Crippen molar-refractivity contribution in [2.75, 3.05) is 6.61 Å². The van der Waals surface area contributed by atoms with Crippen molar-refractivity contribution in [3.63, 3.8) is 0 Å². The monoisotopic (exact) mass is 414 g/mol. The Balaban J connectivity index is 0. The third-order valence-corrected chi connectivity index (χ3v) is 5.80. The molecule has 0 aromatic carbocycles. The van der Waals surface area contributed by atoms with Gasteiger partial charge in [0.15, 0.2) is 0 Å². The molecule has 0 radical (unpaired) electrons.